The lowest BCUT2D eigenvalue weighted by atomic mass is 10.0. The van der Waals surface area contributed by atoms with Crippen molar-refractivity contribution in [3.05, 3.63) is 101 Å². The maximum atomic E-state index is 14.4. The molecule has 2 aromatic heterocycles. The third-order valence-electron chi connectivity index (χ3n) is 6.44. The Hall–Kier alpha value is -3.53. The number of fused-ring (bicyclic) bond motifs is 2. The molecule has 186 valence electrons. The average Bonchev–Trinajstić information content (AvgIpc) is 3.65. The van der Waals surface area contributed by atoms with Crippen molar-refractivity contribution >= 4 is 55.3 Å². The van der Waals surface area contributed by atoms with Gasteiger partial charge in [0.15, 0.2) is 10.7 Å². The molecule has 3 aromatic carbocycles. The fourth-order valence-corrected chi connectivity index (χ4v) is 6.89. The van der Waals surface area contributed by atoms with Gasteiger partial charge in [0.05, 0.1) is 5.56 Å². The first-order chi connectivity index (χ1) is 17.9. The van der Waals surface area contributed by atoms with E-state index in [2.05, 4.69) is 0 Å². The standard InChI is InChI=1S/C28H20F2N2O3S2/c29-19-11-24(30)23-13-20(36-25(23)12-19)15-32(37(35)21-9-7-17(8-10-21)28(33)34)27-26(16-5-6-16)22-4-2-1-3-18(22)14-31-27/h1-4,7-14,16H,5-6,15H2,(H,33,34). The average molecular weight is 535 g/mol. The number of anilines is 1. The molecule has 1 atom stereocenters. The molecule has 37 heavy (non-hydrogen) atoms. The number of carbonyl (C=O) groups is 1. The second-order valence-corrected chi connectivity index (χ2v) is 11.6. The van der Waals surface area contributed by atoms with Gasteiger partial charge >= 0.3 is 5.97 Å². The van der Waals surface area contributed by atoms with Crippen LogP contribution in [0, 0.1) is 11.6 Å². The van der Waals surface area contributed by atoms with Crippen LogP contribution < -0.4 is 4.31 Å². The summed E-state index contributed by atoms with van der Waals surface area (Å²) in [6.07, 6.45) is 3.77. The van der Waals surface area contributed by atoms with Gasteiger partial charge in [0.2, 0.25) is 0 Å². The first-order valence-corrected chi connectivity index (χ1v) is 13.6. The predicted octanol–water partition coefficient (Wildman–Crippen LogP) is 7.03. The summed E-state index contributed by atoms with van der Waals surface area (Å²) >= 11 is -0.511. The van der Waals surface area contributed by atoms with Gasteiger partial charge in [-0.1, -0.05) is 24.3 Å². The van der Waals surface area contributed by atoms with Gasteiger partial charge < -0.3 is 9.66 Å². The minimum Gasteiger partial charge on any atom is -0.588 e. The molecule has 1 saturated carbocycles. The van der Waals surface area contributed by atoms with Crippen molar-refractivity contribution in [2.45, 2.75) is 30.2 Å². The van der Waals surface area contributed by atoms with Crippen LogP contribution in [0.2, 0.25) is 0 Å². The molecule has 1 N–H and O–H groups in total. The Kier molecular flexibility index (Phi) is 6.06. The molecule has 1 unspecified atom stereocenters. The summed E-state index contributed by atoms with van der Waals surface area (Å²) < 4.78 is 44.4. The van der Waals surface area contributed by atoms with Crippen molar-refractivity contribution in [3.8, 4) is 0 Å². The van der Waals surface area contributed by atoms with Crippen molar-refractivity contribution < 1.29 is 23.2 Å². The zero-order valence-electron chi connectivity index (χ0n) is 19.4. The van der Waals surface area contributed by atoms with Crippen molar-refractivity contribution in [2.75, 3.05) is 4.31 Å². The molecule has 5 nitrogen and oxygen atoms in total. The van der Waals surface area contributed by atoms with Gasteiger partial charge in [-0.05, 0) is 60.5 Å². The Balaban J connectivity index is 1.48. The molecule has 0 saturated heterocycles. The van der Waals surface area contributed by atoms with Crippen LogP contribution in [0.1, 0.15) is 39.6 Å². The van der Waals surface area contributed by atoms with Crippen LogP contribution in [0.3, 0.4) is 0 Å². The lowest BCUT2D eigenvalue weighted by molar-refractivity contribution is 0.0696. The van der Waals surface area contributed by atoms with Gasteiger partial charge in [-0.2, -0.15) is 4.31 Å². The molecule has 1 aliphatic rings. The molecular weight excluding hydrogens is 514 g/mol. The third kappa shape index (κ3) is 4.54. The summed E-state index contributed by atoms with van der Waals surface area (Å²) in [5.41, 5.74) is 1.11. The van der Waals surface area contributed by atoms with E-state index >= 15 is 0 Å². The molecule has 0 amide bonds. The third-order valence-corrected chi connectivity index (χ3v) is 8.89. The number of nitrogens with zero attached hydrogens (tertiary/aromatic N) is 2. The first-order valence-electron chi connectivity index (χ1n) is 11.7. The van der Waals surface area contributed by atoms with Crippen LogP contribution in [-0.4, -0.2) is 20.6 Å². The summed E-state index contributed by atoms with van der Waals surface area (Å²) in [7, 11) is 0. The molecule has 9 heteroatoms. The minimum atomic E-state index is -1.75. The number of carboxylic acid groups (broad SMARTS) is 1. The van der Waals surface area contributed by atoms with E-state index in [0.29, 0.717) is 25.7 Å². The van der Waals surface area contributed by atoms with E-state index in [9.17, 15) is 23.2 Å². The highest BCUT2D eigenvalue weighted by Crippen LogP contribution is 2.48. The second kappa shape index (κ2) is 9.41. The Bertz CT molecular complexity index is 1650. The Morgan fingerprint density at radius 2 is 1.84 bits per heavy atom. The highest BCUT2D eigenvalue weighted by atomic mass is 32.2. The minimum absolute atomic E-state index is 0.0943. The number of hydrogen-bond acceptors (Lipinski definition) is 5. The molecule has 2 heterocycles. The van der Waals surface area contributed by atoms with Crippen LogP contribution in [0.4, 0.5) is 14.6 Å². The van der Waals surface area contributed by atoms with Gasteiger partial charge in [0.1, 0.15) is 29.5 Å². The lowest BCUT2D eigenvalue weighted by Gasteiger charge is -2.27. The maximum absolute atomic E-state index is 14.4. The van der Waals surface area contributed by atoms with E-state index in [1.54, 1.807) is 16.6 Å². The number of pyridine rings is 1. The highest BCUT2D eigenvalue weighted by Gasteiger charge is 2.35. The zero-order valence-corrected chi connectivity index (χ0v) is 21.0. The molecule has 1 aliphatic carbocycles. The van der Waals surface area contributed by atoms with Crippen LogP contribution in [0.5, 0.6) is 0 Å². The molecule has 0 radical (unpaired) electrons. The zero-order chi connectivity index (χ0) is 25.7. The van der Waals surface area contributed by atoms with Crippen LogP contribution in [-0.2, 0) is 17.9 Å². The summed E-state index contributed by atoms with van der Waals surface area (Å²) in [4.78, 5) is 17.2. The van der Waals surface area contributed by atoms with E-state index in [0.717, 1.165) is 35.2 Å². The van der Waals surface area contributed by atoms with Gasteiger partial charge in [-0.3, -0.25) is 0 Å². The number of carboxylic acids is 1. The van der Waals surface area contributed by atoms with Gasteiger partial charge in [-0.15, -0.1) is 11.3 Å². The van der Waals surface area contributed by atoms with E-state index < -0.39 is 29.0 Å². The monoisotopic (exact) mass is 534 g/mol. The van der Waals surface area contributed by atoms with E-state index in [-0.39, 0.29) is 18.0 Å². The number of hydrogen-bond donors (Lipinski definition) is 1. The lowest BCUT2D eigenvalue weighted by Crippen LogP contribution is -2.32. The molecule has 6 rings (SSSR count). The molecule has 5 aromatic rings. The molecule has 0 bridgehead atoms. The predicted molar refractivity (Wildman–Crippen MR) is 141 cm³/mol. The largest absolute Gasteiger partial charge is 0.588 e. The number of aromatic carboxylic acids is 1. The summed E-state index contributed by atoms with van der Waals surface area (Å²) in [5, 5.41) is 11.6. The SMILES string of the molecule is O=C(O)c1ccc([S+]([O-])N(Cc2cc3c(F)cc(F)cc3s2)c2ncc3ccccc3c2C2CC2)cc1. The van der Waals surface area contributed by atoms with Crippen LogP contribution in [0.25, 0.3) is 20.9 Å². The summed E-state index contributed by atoms with van der Waals surface area (Å²) in [6, 6.07) is 17.7. The van der Waals surface area contributed by atoms with Crippen molar-refractivity contribution in [1.29, 1.82) is 0 Å². The molecule has 1 fully saturated rings. The van der Waals surface area contributed by atoms with Crippen molar-refractivity contribution in [1.82, 2.24) is 4.98 Å². The van der Waals surface area contributed by atoms with E-state index in [1.807, 2.05) is 24.3 Å². The van der Waals surface area contributed by atoms with E-state index in [1.165, 1.54) is 41.7 Å². The first kappa shape index (κ1) is 23.8. The van der Waals surface area contributed by atoms with E-state index in [4.69, 9.17) is 4.98 Å². The van der Waals surface area contributed by atoms with Crippen LogP contribution in [0.15, 0.2) is 77.8 Å². The Labute approximate surface area is 218 Å². The second-order valence-electron chi connectivity index (χ2n) is 8.98. The summed E-state index contributed by atoms with van der Waals surface area (Å²) in [6.45, 7) is 0.152. The Morgan fingerprint density at radius 3 is 2.57 bits per heavy atom. The number of thiophene rings is 1. The Morgan fingerprint density at radius 1 is 1.08 bits per heavy atom. The number of halogens is 2. The van der Waals surface area contributed by atoms with Gasteiger partial charge in [0.25, 0.3) is 0 Å². The highest BCUT2D eigenvalue weighted by molar-refractivity contribution is 7.92. The topological polar surface area (TPSA) is 76.5 Å². The number of aromatic nitrogens is 1. The smallest absolute Gasteiger partial charge is 0.335 e. The summed E-state index contributed by atoms with van der Waals surface area (Å²) in [5.74, 6) is -1.50. The number of rotatable bonds is 7. The maximum Gasteiger partial charge on any atom is 0.335 e. The number of benzene rings is 3. The normalized spacial score (nSPS) is 14.2. The van der Waals surface area contributed by atoms with Gasteiger partial charge in [-0.25, -0.2) is 18.6 Å². The quantitative estimate of drug-likeness (QED) is 0.227. The van der Waals surface area contributed by atoms with Crippen molar-refractivity contribution in [2.24, 2.45) is 0 Å². The molecular formula is C28H20F2N2O3S2. The van der Waals surface area contributed by atoms with Gasteiger partial charge in [0, 0.05) is 38.2 Å². The van der Waals surface area contributed by atoms with Crippen molar-refractivity contribution in [3.63, 3.8) is 0 Å². The fourth-order valence-electron chi connectivity index (χ4n) is 4.54. The molecule has 0 spiro atoms. The van der Waals surface area contributed by atoms with Crippen LogP contribution >= 0.6 is 11.3 Å². The fraction of sp³-hybridized carbons (Fsp3) is 0.143. The molecule has 0 aliphatic heterocycles.